The fourth-order valence-corrected chi connectivity index (χ4v) is 3.39. The van der Waals surface area contributed by atoms with Gasteiger partial charge in [0, 0.05) is 18.8 Å². The van der Waals surface area contributed by atoms with Gasteiger partial charge in [-0.15, -0.1) is 24.0 Å². The van der Waals surface area contributed by atoms with Gasteiger partial charge in [0.25, 0.3) is 0 Å². The summed E-state index contributed by atoms with van der Waals surface area (Å²) in [6.07, 6.45) is -3.48. The Kier molecular flexibility index (Phi) is 10.4. The third kappa shape index (κ3) is 8.50. The van der Waals surface area contributed by atoms with Crippen molar-refractivity contribution >= 4 is 41.5 Å². The molecule has 10 heteroatoms. The number of carbonyl (C=O) groups excluding carboxylic acids is 1. The second-order valence-electron chi connectivity index (χ2n) is 7.40. The number of nitrogens with one attached hydrogen (secondary N) is 2. The van der Waals surface area contributed by atoms with E-state index >= 15 is 0 Å². The standard InChI is InChI=1S/C23H27F3N4O2.HI/c1-2-27-22(29-14-21(31)30-12-11-19-5-3-4-6-20(19)30)28-13-17-7-9-18(10-8-17)15-32-16-23(24,25)26;/h3-10H,2,11-16H2,1H3,(H2,27,28,29);1H. The first kappa shape index (κ1) is 26.9. The average Bonchev–Trinajstić information content (AvgIpc) is 3.20. The van der Waals surface area contributed by atoms with Crippen LogP contribution in [0.1, 0.15) is 23.6 Å². The quantitative estimate of drug-likeness (QED) is 0.283. The van der Waals surface area contributed by atoms with E-state index in [1.165, 1.54) is 5.56 Å². The van der Waals surface area contributed by atoms with Crippen LogP contribution < -0.4 is 15.5 Å². The first-order valence-corrected chi connectivity index (χ1v) is 10.5. The number of nitrogens with zero attached hydrogens (tertiary/aromatic N) is 2. The Hall–Kier alpha value is -2.34. The van der Waals surface area contributed by atoms with Gasteiger partial charge >= 0.3 is 6.18 Å². The first-order chi connectivity index (χ1) is 15.4. The highest BCUT2D eigenvalue weighted by Crippen LogP contribution is 2.27. The summed E-state index contributed by atoms with van der Waals surface area (Å²) in [6.45, 7) is 2.36. The number of hydrogen-bond donors (Lipinski definition) is 2. The number of rotatable bonds is 8. The van der Waals surface area contributed by atoms with Gasteiger partial charge in [0.2, 0.25) is 5.91 Å². The van der Waals surface area contributed by atoms with Crippen molar-refractivity contribution in [2.45, 2.75) is 32.7 Å². The molecule has 6 nitrogen and oxygen atoms in total. The fourth-order valence-electron chi connectivity index (χ4n) is 3.39. The molecule has 0 radical (unpaired) electrons. The predicted molar refractivity (Wildman–Crippen MR) is 133 cm³/mol. The van der Waals surface area contributed by atoms with Gasteiger partial charge in [-0.25, -0.2) is 4.99 Å². The number of halogens is 4. The summed E-state index contributed by atoms with van der Waals surface area (Å²) in [5, 5.41) is 6.19. The van der Waals surface area contributed by atoms with Crippen molar-refractivity contribution in [1.29, 1.82) is 0 Å². The van der Waals surface area contributed by atoms with Crippen LogP contribution in [0.5, 0.6) is 0 Å². The monoisotopic (exact) mass is 576 g/mol. The zero-order chi connectivity index (χ0) is 23.0. The van der Waals surface area contributed by atoms with Gasteiger partial charge in [-0.1, -0.05) is 42.5 Å². The highest BCUT2D eigenvalue weighted by Gasteiger charge is 2.27. The molecule has 0 saturated heterocycles. The summed E-state index contributed by atoms with van der Waals surface area (Å²) < 4.78 is 41.1. The number of hydrogen-bond acceptors (Lipinski definition) is 3. The van der Waals surface area contributed by atoms with Crippen LogP contribution in [0.15, 0.2) is 53.5 Å². The summed E-state index contributed by atoms with van der Waals surface area (Å²) in [7, 11) is 0. The molecule has 0 saturated carbocycles. The maximum Gasteiger partial charge on any atom is 0.411 e. The lowest BCUT2D eigenvalue weighted by molar-refractivity contribution is -0.176. The highest BCUT2D eigenvalue weighted by molar-refractivity contribution is 14.0. The van der Waals surface area contributed by atoms with E-state index < -0.39 is 12.8 Å². The number of amides is 1. The molecular formula is C23H28F3IN4O2. The van der Waals surface area contributed by atoms with Crippen LogP contribution in [0.3, 0.4) is 0 Å². The number of fused-ring (bicyclic) bond motifs is 1. The van der Waals surface area contributed by atoms with Gasteiger partial charge in [-0.2, -0.15) is 13.2 Å². The molecule has 1 aliphatic rings. The maximum absolute atomic E-state index is 12.7. The Bertz CT molecular complexity index is 936. The van der Waals surface area contributed by atoms with Gasteiger partial charge in [0.05, 0.1) is 19.7 Å². The van der Waals surface area contributed by atoms with Crippen LogP contribution in [0.25, 0.3) is 0 Å². The van der Waals surface area contributed by atoms with Crippen LogP contribution in [-0.4, -0.2) is 44.3 Å². The molecule has 0 atom stereocenters. The molecule has 0 spiro atoms. The largest absolute Gasteiger partial charge is 0.411 e. The number of anilines is 1. The minimum absolute atomic E-state index is 0. The van der Waals surface area contributed by atoms with E-state index in [-0.39, 0.29) is 43.0 Å². The third-order valence-electron chi connectivity index (χ3n) is 4.92. The Morgan fingerprint density at radius 1 is 1.09 bits per heavy atom. The van der Waals surface area contributed by atoms with Crippen molar-refractivity contribution in [3.8, 4) is 0 Å². The van der Waals surface area contributed by atoms with Crippen LogP contribution in [-0.2, 0) is 29.1 Å². The number of ether oxygens (including phenoxy) is 1. The Morgan fingerprint density at radius 3 is 2.48 bits per heavy atom. The van der Waals surface area contributed by atoms with E-state index in [2.05, 4.69) is 20.4 Å². The zero-order valence-corrected chi connectivity index (χ0v) is 20.7. The minimum atomic E-state index is -4.33. The molecular weight excluding hydrogens is 548 g/mol. The van der Waals surface area contributed by atoms with E-state index in [1.54, 1.807) is 29.2 Å². The molecule has 33 heavy (non-hydrogen) atoms. The lowest BCUT2D eigenvalue weighted by atomic mass is 10.1. The topological polar surface area (TPSA) is 66.0 Å². The Morgan fingerprint density at radius 2 is 1.79 bits per heavy atom. The lowest BCUT2D eigenvalue weighted by Crippen LogP contribution is -2.44. The number of para-hydroxylation sites is 1. The van der Waals surface area contributed by atoms with Crippen LogP contribution >= 0.6 is 24.0 Å². The molecule has 1 amide bonds. The van der Waals surface area contributed by atoms with Crippen LogP contribution in [0.2, 0.25) is 0 Å². The Balaban J connectivity index is 0.00000385. The molecule has 0 aromatic heterocycles. The van der Waals surface area contributed by atoms with Gasteiger partial charge in [0.1, 0.15) is 6.61 Å². The molecule has 0 fully saturated rings. The van der Waals surface area contributed by atoms with Gasteiger partial charge in [-0.3, -0.25) is 4.79 Å². The molecule has 3 rings (SSSR count). The summed E-state index contributed by atoms with van der Waals surface area (Å²) >= 11 is 0. The molecule has 1 heterocycles. The van der Waals surface area contributed by atoms with E-state index in [1.807, 2.05) is 31.2 Å². The van der Waals surface area contributed by atoms with Crippen molar-refractivity contribution in [2.75, 3.05) is 31.1 Å². The summed E-state index contributed by atoms with van der Waals surface area (Å²) in [4.78, 5) is 19.0. The number of alkyl halides is 3. The van der Waals surface area contributed by atoms with Crippen molar-refractivity contribution in [3.05, 3.63) is 65.2 Å². The summed E-state index contributed by atoms with van der Waals surface area (Å²) in [5.41, 5.74) is 3.68. The second kappa shape index (κ2) is 12.8. The average molecular weight is 576 g/mol. The Labute approximate surface area is 208 Å². The molecule has 0 bridgehead atoms. The van der Waals surface area contributed by atoms with E-state index in [0.717, 1.165) is 17.7 Å². The molecule has 180 valence electrons. The first-order valence-electron chi connectivity index (χ1n) is 10.5. The van der Waals surface area contributed by atoms with Crippen LogP contribution in [0, 0.1) is 0 Å². The van der Waals surface area contributed by atoms with Gasteiger partial charge in [0.15, 0.2) is 5.96 Å². The SMILES string of the molecule is CCNC(=NCc1ccc(COCC(F)(F)F)cc1)NCC(=O)N1CCc2ccccc21.I. The van der Waals surface area contributed by atoms with Crippen molar-refractivity contribution < 1.29 is 22.7 Å². The lowest BCUT2D eigenvalue weighted by Gasteiger charge is -2.18. The second-order valence-corrected chi connectivity index (χ2v) is 7.40. The van der Waals surface area contributed by atoms with Crippen molar-refractivity contribution in [2.24, 2.45) is 4.99 Å². The van der Waals surface area contributed by atoms with E-state index in [0.29, 0.717) is 31.2 Å². The minimum Gasteiger partial charge on any atom is -0.367 e. The number of guanidine groups is 1. The van der Waals surface area contributed by atoms with Gasteiger partial charge < -0.3 is 20.3 Å². The zero-order valence-electron chi connectivity index (χ0n) is 18.3. The number of aliphatic imine (C=N–C) groups is 1. The third-order valence-corrected chi connectivity index (χ3v) is 4.92. The van der Waals surface area contributed by atoms with Crippen molar-refractivity contribution in [1.82, 2.24) is 10.6 Å². The predicted octanol–water partition coefficient (Wildman–Crippen LogP) is 4.03. The highest BCUT2D eigenvalue weighted by atomic mass is 127. The van der Waals surface area contributed by atoms with E-state index in [4.69, 9.17) is 0 Å². The molecule has 0 aliphatic carbocycles. The summed E-state index contributed by atoms with van der Waals surface area (Å²) in [6, 6.07) is 14.9. The fraction of sp³-hybridized carbons (Fsp3) is 0.391. The van der Waals surface area contributed by atoms with Gasteiger partial charge in [-0.05, 0) is 36.1 Å². The number of benzene rings is 2. The smallest absolute Gasteiger partial charge is 0.367 e. The maximum atomic E-state index is 12.7. The molecule has 0 unspecified atom stereocenters. The van der Waals surface area contributed by atoms with Crippen molar-refractivity contribution in [3.63, 3.8) is 0 Å². The molecule has 2 aromatic carbocycles. The van der Waals surface area contributed by atoms with E-state index in [9.17, 15) is 18.0 Å². The molecule has 2 N–H and O–H groups in total. The number of carbonyl (C=O) groups is 1. The molecule has 1 aliphatic heterocycles. The van der Waals surface area contributed by atoms with Crippen LogP contribution in [0.4, 0.5) is 18.9 Å². The molecule has 2 aromatic rings. The normalized spacial score (nSPS) is 13.3. The summed E-state index contributed by atoms with van der Waals surface area (Å²) in [5.74, 6) is 0.495.